The van der Waals surface area contributed by atoms with Gasteiger partial charge in [-0.25, -0.2) is 9.98 Å². The monoisotopic (exact) mass is 458 g/mol. The van der Waals surface area contributed by atoms with E-state index in [0.717, 1.165) is 24.1 Å². The van der Waals surface area contributed by atoms with Gasteiger partial charge < -0.3 is 10.6 Å². The van der Waals surface area contributed by atoms with Crippen molar-refractivity contribution >= 4 is 41.3 Å². The fourth-order valence-electron chi connectivity index (χ4n) is 2.23. The van der Waals surface area contributed by atoms with E-state index in [9.17, 15) is 0 Å². The van der Waals surface area contributed by atoms with Gasteiger partial charge in [0.25, 0.3) is 0 Å². The van der Waals surface area contributed by atoms with E-state index in [2.05, 4.69) is 72.6 Å². The zero-order valence-electron chi connectivity index (χ0n) is 14.8. The summed E-state index contributed by atoms with van der Waals surface area (Å²) < 4.78 is 0. The second-order valence-electron chi connectivity index (χ2n) is 5.75. The molecule has 0 fully saturated rings. The summed E-state index contributed by atoms with van der Waals surface area (Å²) in [5.74, 6) is 1.28. The van der Waals surface area contributed by atoms with Crippen LogP contribution in [0.3, 0.4) is 0 Å². The number of rotatable bonds is 6. The lowest BCUT2D eigenvalue weighted by molar-refractivity contribution is 0.699. The minimum atomic E-state index is 0. The molecule has 0 radical (unpaired) electrons. The molecule has 2 rings (SSSR count). The van der Waals surface area contributed by atoms with E-state index in [1.165, 1.54) is 16.0 Å². The largest absolute Gasteiger partial charge is 0.357 e. The molecule has 1 aromatic heterocycles. The highest BCUT2D eigenvalue weighted by Crippen LogP contribution is 2.15. The zero-order valence-corrected chi connectivity index (χ0v) is 17.9. The first kappa shape index (κ1) is 20.9. The van der Waals surface area contributed by atoms with E-state index in [-0.39, 0.29) is 24.0 Å². The number of thiazole rings is 1. The first-order valence-electron chi connectivity index (χ1n) is 8.08. The molecular weight excluding hydrogens is 431 g/mol. The Morgan fingerprint density at radius 1 is 1.21 bits per heavy atom. The standard InChI is InChI=1S/C18H26N4S.HI/c1-5-19-18(22-12-17-20-11-15(4)23-17)21-10-14(3)16-8-6-13(2)7-9-16;/h6-9,11,14H,5,10,12H2,1-4H3,(H2,19,21,22);1H. The number of aryl methyl sites for hydroxylation is 2. The third-order valence-corrected chi connectivity index (χ3v) is 4.51. The van der Waals surface area contributed by atoms with Gasteiger partial charge in [0.05, 0.1) is 6.54 Å². The maximum Gasteiger partial charge on any atom is 0.191 e. The number of halogens is 1. The van der Waals surface area contributed by atoms with Gasteiger partial charge in [0.1, 0.15) is 5.01 Å². The van der Waals surface area contributed by atoms with Gasteiger partial charge in [-0.3, -0.25) is 0 Å². The number of aliphatic imine (C=N–C) groups is 1. The summed E-state index contributed by atoms with van der Waals surface area (Å²) in [4.78, 5) is 10.2. The van der Waals surface area contributed by atoms with Gasteiger partial charge in [0.2, 0.25) is 0 Å². The van der Waals surface area contributed by atoms with Crippen LogP contribution in [0, 0.1) is 13.8 Å². The fourth-order valence-corrected chi connectivity index (χ4v) is 2.94. The highest BCUT2D eigenvalue weighted by molar-refractivity contribution is 14.0. The minimum absolute atomic E-state index is 0. The van der Waals surface area contributed by atoms with Crippen LogP contribution in [-0.2, 0) is 6.54 Å². The molecule has 0 saturated carbocycles. The SMILES string of the molecule is CCNC(=NCc1ncc(C)s1)NCC(C)c1ccc(C)cc1.I. The molecule has 0 amide bonds. The summed E-state index contributed by atoms with van der Waals surface area (Å²) in [7, 11) is 0. The molecular formula is C18H27IN4S. The van der Waals surface area contributed by atoms with Gasteiger partial charge in [-0.15, -0.1) is 35.3 Å². The maximum absolute atomic E-state index is 4.62. The quantitative estimate of drug-likeness (QED) is 0.387. The molecule has 0 aliphatic carbocycles. The molecule has 0 aliphatic rings. The third kappa shape index (κ3) is 6.76. The summed E-state index contributed by atoms with van der Waals surface area (Å²) in [5, 5.41) is 7.77. The number of hydrogen-bond acceptors (Lipinski definition) is 3. The van der Waals surface area contributed by atoms with Crippen LogP contribution >= 0.6 is 35.3 Å². The lowest BCUT2D eigenvalue weighted by Gasteiger charge is -2.16. The molecule has 132 valence electrons. The summed E-state index contributed by atoms with van der Waals surface area (Å²) in [5.41, 5.74) is 2.64. The minimum Gasteiger partial charge on any atom is -0.357 e. The fraction of sp³-hybridized carbons (Fsp3) is 0.444. The molecule has 6 heteroatoms. The van der Waals surface area contributed by atoms with E-state index in [0.29, 0.717) is 12.5 Å². The second-order valence-corrected chi connectivity index (χ2v) is 7.07. The Morgan fingerprint density at radius 3 is 2.50 bits per heavy atom. The second kappa shape index (κ2) is 10.7. The van der Waals surface area contributed by atoms with Crippen molar-refractivity contribution in [1.82, 2.24) is 15.6 Å². The van der Waals surface area contributed by atoms with Crippen LogP contribution in [0.4, 0.5) is 0 Å². The number of guanidine groups is 1. The Bertz CT molecular complexity index is 637. The Kier molecular flexibility index (Phi) is 9.28. The van der Waals surface area contributed by atoms with Crippen LogP contribution < -0.4 is 10.6 Å². The van der Waals surface area contributed by atoms with Gasteiger partial charge in [0.15, 0.2) is 5.96 Å². The number of nitrogens with zero attached hydrogens (tertiary/aromatic N) is 2. The van der Waals surface area contributed by atoms with Crippen LogP contribution in [0.1, 0.15) is 40.8 Å². The topological polar surface area (TPSA) is 49.3 Å². The molecule has 4 nitrogen and oxygen atoms in total. The van der Waals surface area contributed by atoms with Gasteiger partial charge in [-0.2, -0.15) is 0 Å². The van der Waals surface area contributed by atoms with Crippen molar-refractivity contribution in [3.63, 3.8) is 0 Å². The van der Waals surface area contributed by atoms with Crippen molar-refractivity contribution in [3.8, 4) is 0 Å². The zero-order chi connectivity index (χ0) is 16.7. The van der Waals surface area contributed by atoms with Crippen LogP contribution in [0.2, 0.25) is 0 Å². The average molecular weight is 458 g/mol. The van der Waals surface area contributed by atoms with Gasteiger partial charge in [-0.1, -0.05) is 36.8 Å². The Labute approximate surface area is 166 Å². The molecule has 1 aromatic carbocycles. The van der Waals surface area contributed by atoms with Gasteiger partial charge in [0, 0.05) is 24.2 Å². The van der Waals surface area contributed by atoms with Crippen molar-refractivity contribution in [2.75, 3.05) is 13.1 Å². The number of nitrogens with one attached hydrogen (secondary N) is 2. The predicted molar refractivity (Wildman–Crippen MR) is 115 cm³/mol. The number of benzene rings is 1. The molecule has 1 atom stereocenters. The van der Waals surface area contributed by atoms with Crippen LogP contribution in [0.5, 0.6) is 0 Å². The van der Waals surface area contributed by atoms with E-state index >= 15 is 0 Å². The van der Waals surface area contributed by atoms with E-state index in [4.69, 9.17) is 0 Å². The first-order valence-corrected chi connectivity index (χ1v) is 8.90. The highest BCUT2D eigenvalue weighted by atomic mass is 127. The third-order valence-electron chi connectivity index (χ3n) is 3.61. The van der Waals surface area contributed by atoms with Crippen molar-refractivity contribution < 1.29 is 0 Å². The van der Waals surface area contributed by atoms with E-state index in [1.807, 2.05) is 6.20 Å². The predicted octanol–water partition coefficient (Wildman–Crippen LogP) is 4.24. The van der Waals surface area contributed by atoms with Gasteiger partial charge in [-0.05, 0) is 32.3 Å². The molecule has 24 heavy (non-hydrogen) atoms. The van der Waals surface area contributed by atoms with Crippen molar-refractivity contribution in [2.45, 2.75) is 40.2 Å². The lowest BCUT2D eigenvalue weighted by Crippen LogP contribution is -2.39. The molecule has 0 spiro atoms. The number of aromatic nitrogens is 1. The molecule has 2 N–H and O–H groups in total. The summed E-state index contributed by atoms with van der Waals surface area (Å²) in [6.45, 7) is 10.8. The molecule has 1 heterocycles. The van der Waals surface area contributed by atoms with E-state index in [1.54, 1.807) is 11.3 Å². The molecule has 0 saturated heterocycles. The Hall–Kier alpha value is -1.15. The van der Waals surface area contributed by atoms with E-state index < -0.39 is 0 Å². The normalized spacial score (nSPS) is 12.4. The smallest absolute Gasteiger partial charge is 0.191 e. The van der Waals surface area contributed by atoms with Crippen LogP contribution in [0.25, 0.3) is 0 Å². The van der Waals surface area contributed by atoms with Crippen LogP contribution in [0.15, 0.2) is 35.5 Å². The molecule has 1 unspecified atom stereocenters. The average Bonchev–Trinajstić information content (AvgIpc) is 2.96. The van der Waals surface area contributed by atoms with Gasteiger partial charge >= 0.3 is 0 Å². The van der Waals surface area contributed by atoms with Crippen molar-refractivity contribution in [3.05, 3.63) is 51.5 Å². The summed E-state index contributed by atoms with van der Waals surface area (Å²) in [6, 6.07) is 8.72. The maximum atomic E-state index is 4.62. The Balaban J connectivity index is 0.00000288. The molecule has 0 bridgehead atoms. The summed E-state index contributed by atoms with van der Waals surface area (Å²) >= 11 is 1.70. The molecule has 2 aromatic rings. The highest BCUT2D eigenvalue weighted by Gasteiger charge is 2.07. The van der Waals surface area contributed by atoms with Crippen LogP contribution in [-0.4, -0.2) is 24.0 Å². The Morgan fingerprint density at radius 2 is 1.92 bits per heavy atom. The van der Waals surface area contributed by atoms with Crippen molar-refractivity contribution in [2.24, 2.45) is 4.99 Å². The van der Waals surface area contributed by atoms with Crippen molar-refractivity contribution in [1.29, 1.82) is 0 Å². The molecule has 0 aliphatic heterocycles. The summed E-state index contributed by atoms with van der Waals surface area (Å²) in [6.07, 6.45) is 1.90. The lowest BCUT2D eigenvalue weighted by atomic mass is 10.0. The number of hydrogen-bond donors (Lipinski definition) is 2. The first-order chi connectivity index (χ1) is 11.1.